The highest BCUT2D eigenvalue weighted by atomic mass is 16.6. The van der Waals surface area contributed by atoms with Crippen molar-refractivity contribution in [2.24, 2.45) is 5.92 Å². The minimum Gasteiger partial charge on any atom is -0.481 e. The number of carbonyl (C=O) groups excluding carboxylic acids is 1. The summed E-state index contributed by atoms with van der Waals surface area (Å²) in [4.78, 5) is 25.0. The number of hydrogen-bond acceptors (Lipinski definition) is 4. The first-order valence-electron chi connectivity index (χ1n) is 7.52. The van der Waals surface area contributed by atoms with Crippen LogP contribution in [0.1, 0.15) is 47.5 Å². The number of carboxylic acid groups (broad SMARTS) is 1. The van der Waals surface area contributed by atoms with Gasteiger partial charge in [0.05, 0.1) is 0 Å². The van der Waals surface area contributed by atoms with E-state index in [-0.39, 0.29) is 18.4 Å². The summed E-state index contributed by atoms with van der Waals surface area (Å²) >= 11 is 0. The number of ether oxygens (including phenoxy) is 1. The van der Waals surface area contributed by atoms with Gasteiger partial charge in [-0.05, 0) is 47.0 Å². The van der Waals surface area contributed by atoms with Gasteiger partial charge in [0.2, 0.25) is 0 Å². The van der Waals surface area contributed by atoms with Crippen LogP contribution in [0.4, 0.5) is 4.79 Å². The third kappa shape index (κ3) is 6.80. The van der Waals surface area contributed by atoms with Crippen LogP contribution in [0.25, 0.3) is 0 Å². The molecule has 0 spiro atoms. The summed E-state index contributed by atoms with van der Waals surface area (Å²) in [5, 5.41) is 11.8. The molecule has 6 heteroatoms. The van der Waals surface area contributed by atoms with Gasteiger partial charge in [-0.25, -0.2) is 4.79 Å². The lowest BCUT2D eigenvalue weighted by Crippen LogP contribution is -2.53. The Morgan fingerprint density at radius 2 is 1.95 bits per heavy atom. The van der Waals surface area contributed by atoms with Gasteiger partial charge in [-0.15, -0.1) is 0 Å². The average molecular weight is 300 g/mol. The molecule has 1 fully saturated rings. The van der Waals surface area contributed by atoms with E-state index in [1.807, 2.05) is 20.8 Å². The summed E-state index contributed by atoms with van der Waals surface area (Å²) in [6, 6.07) is 0.255. The van der Waals surface area contributed by atoms with Gasteiger partial charge < -0.3 is 15.2 Å². The third-order valence-electron chi connectivity index (χ3n) is 3.48. The topological polar surface area (TPSA) is 78.9 Å². The van der Waals surface area contributed by atoms with Crippen molar-refractivity contribution < 1.29 is 19.4 Å². The number of nitrogens with one attached hydrogen (secondary N) is 1. The number of carbonyl (C=O) groups is 2. The smallest absolute Gasteiger partial charge is 0.407 e. The first-order chi connectivity index (χ1) is 9.56. The minimum atomic E-state index is -0.790. The summed E-state index contributed by atoms with van der Waals surface area (Å²) in [6.07, 6.45) is 0.372. The van der Waals surface area contributed by atoms with Gasteiger partial charge in [0.25, 0.3) is 0 Å². The molecule has 0 aliphatic carbocycles. The Labute approximate surface area is 126 Å². The van der Waals surface area contributed by atoms with Crippen molar-refractivity contribution >= 4 is 12.1 Å². The number of alkyl carbamates (subject to hydrolysis) is 1. The zero-order valence-corrected chi connectivity index (χ0v) is 13.7. The lowest BCUT2D eigenvalue weighted by atomic mass is 9.91. The second-order valence-corrected chi connectivity index (χ2v) is 7.09. The summed E-state index contributed by atoms with van der Waals surface area (Å²) in [5.74, 6) is -0.736. The second kappa shape index (κ2) is 7.11. The Hall–Kier alpha value is -1.30. The fraction of sp³-hybridized carbons (Fsp3) is 0.867. The number of amides is 1. The van der Waals surface area contributed by atoms with Gasteiger partial charge >= 0.3 is 12.1 Å². The van der Waals surface area contributed by atoms with Crippen LogP contribution < -0.4 is 5.32 Å². The Morgan fingerprint density at radius 3 is 2.43 bits per heavy atom. The molecular formula is C15H28N2O4. The maximum atomic E-state index is 11.9. The third-order valence-corrected chi connectivity index (χ3v) is 3.48. The molecule has 21 heavy (non-hydrogen) atoms. The maximum absolute atomic E-state index is 11.9. The summed E-state index contributed by atoms with van der Waals surface area (Å²) in [5.41, 5.74) is -0.531. The van der Waals surface area contributed by atoms with Crippen LogP contribution in [0.5, 0.6) is 0 Å². The van der Waals surface area contributed by atoms with E-state index in [2.05, 4.69) is 24.1 Å². The van der Waals surface area contributed by atoms with Crippen molar-refractivity contribution in [2.75, 3.05) is 13.1 Å². The van der Waals surface area contributed by atoms with Crippen LogP contribution in [-0.4, -0.2) is 52.8 Å². The van der Waals surface area contributed by atoms with E-state index >= 15 is 0 Å². The first kappa shape index (κ1) is 17.8. The Kier molecular flexibility index (Phi) is 6.01. The number of likely N-dealkylation sites (tertiary alicyclic amines) is 1. The molecule has 0 bridgehead atoms. The molecule has 1 aliphatic heterocycles. The normalized spacial score (nSPS) is 23.9. The predicted molar refractivity (Wildman–Crippen MR) is 80.2 cm³/mol. The molecule has 2 unspecified atom stereocenters. The number of nitrogens with zero attached hydrogens (tertiary/aromatic N) is 1. The number of hydrogen-bond donors (Lipinski definition) is 2. The van der Waals surface area contributed by atoms with Gasteiger partial charge in [0, 0.05) is 31.6 Å². The van der Waals surface area contributed by atoms with Crippen LogP contribution in [0.2, 0.25) is 0 Å². The quantitative estimate of drug-likeness (QED) is 0.831. The lowest BCUT2D eigenvalue weighted by molar-refractivity contribution is -0.138. The van der Waals surface area contributed by atoms with Crippen LogP contribution in [0, 0.1) is 5.92 Å². The minimum absolute atomic E-state index is 0.0542. The molecule has 2 atom stereocenters. The summed E-state index contributed by atoms with van der Waals surface area (Å²) in [6.45, 7) is 11.1. The first-order valence-corrected chi connectivity index (χ1v) is 7.52. The van der Waals surface area contributed by atoms with E-state index in [9.17, 15) is 9.59 Å². The summed E-state index contributed by atoms with van der Waals surface area (Å²) in [7, 11) is 0. The van der Waals surface area contributed by atoms with E-state index in [1.165, 1.54) is 0 Å². The van der Waals surface area contributed by atoms with E-state index in [0.717, 1.165) is 13.1 Å². The van der Waals surface area contributed by atoms with Gasteiger partial charge in [0.15, 0.2) is 0 Å². The molecule has 6 nitrogen and oxygen atoms in total. The van der Waals surface area contributed by atoms with Crippen LogP contribution >= 0.6 is 0 Å². The molecule has 2 N–H and O–H groups in total. The van der Waals surface area contributed by atoms with Crippen molar-refractivity contribution in [2.45, 2.75) is 65.1 Å². The van der Waals surface area contributed by atoms with Crippen LogP contribution in [-0.2, 0) is 9.53 Å². The SMILES string of the molecule is CC(C)N1CC(CC(=O)O)CC(NC(=O)OC(C)(C)C)C1. The number of carboxylic acids is 1. The molecule has 122 valence electrons. The number of aliphatic carboxylic acids is 1. The summed E-state index contributed by atoms with van der Waals surface area (Å²) < 4.78 is 5.27. The molecule has 0 saturated carbocycles. The van der Waals surface area contributed by atoms with Gasteiger partial charge in [0.1, 0.15) is 5.60 Å². The molecule has 0 aromatic carbocycles. The highest BCUT2D eigenvalue weighted by Crippen LogP contribution is 2.22. The zero-order chi connectivity index (χ0) is 16.2. The fourth-order valence-corrected chi connectivity index (χ4v) is 2.64. The monoisotopic (exact) mass is 300 g/mol. The molecule has 1 saturated heterocycles. The molecule has 1 heterocycles. The van der Waals surface area contributed by atoms with Crippen molar-refractivity contribution in [3.63, 3.8) is 0 Å². The average Bonchev–Trinajstić information content (AvgIpc) is 2.24. The van der Waals surface area contributed by atoms with E-state index in [0.29, 0.717) is 12.5 Å². The molecule has 0 aromatic rings. The Morgan fingerprint density at radius 1 is 1.33 bits per heavy atom. The van der Waals surface area contributed by atoms with Gasteiger partial charge in [-0.3, -0.25) is 9.69 Å². The molecular weight excluding hydrogens is 272 g/mol. The van der Waals surface area contributed by atoms with E-state index in [4.69, 9.17) is 9.84 Å². The number of rotatable bonds is 4. The largest absolute Gasteiger partial charge is 0.481 e. The Balaban J connectivity index is 2.62. The molecule has 0 radical (unpaired) electrons. The van der Waals surface area contributed by atoms with Gasteiger partial charge in [-0.1, -0.05) is 0 Å². The molecule has 1 amide bonds. The Bertz CT molecular complexity index is 376. The van der Waals surface area contributed by atoms with Crippen LogP contribution in [0.3, 0.4) is 0 Å². The molecule has 1 aliphatic rings. The van der Waals surface area contributed by atoms with Crippen molar-refractivity contribution in [1.29, 1.82) is 0 Å². The van der Waals surface area contributed by atoms with Crippen molar-refractivity contribution in [3.05, 3.63) is 0 Å². The maximum Gasteiger partial charge on any atom is 0.407 e. The van der Waals surface area contributed by atoms with E-state index < -0.39 is 17.7 Å². The lowest BCUT2D eigenvalue weighted by Gasteiger charge is -2.40. The standard InChI is InChI=1S/C15H28N2O4/c1-10(2)17-8-11(7-13(18)19)6-12(9-17)16-14(20)21-15(3,4)5/h10-12H,6-9H2,1-5H3,(H,16,20)(H,18,19). The zero-order valence-electron chi connectivity index (χ0n) is 13.7. The molecule has 0 aromatic heterocycles. The predicted octanol–water partition coefficient (Wildman–Crippen LogP) is 2.08. The highest BCUT2D eigenvalue weighted by Gasteiger charge is 2.31. The van der Waals surface area contributed by atoms with Crippen molar-refractivity contribution in [3.8, 4) is 0 Å². The van der Waals surface area contributed by atoms with Gasteiger partial charge in [-0.2, -0.15) is 0 Å². The number of piperidine rings is 1. The van der Waals surface area contributed by atoms with E-state index in [1.54, 1.807) is 0 Å². The van der Waals surface area contributed by atoms with Crippen LogP contribution in [0.15, 0.2) is 0 Å². The fourth-order valence-electron chi connectivity index (χ4n) is 2.64. The molecule has 1 rings (SSSR count). The van der Waals surface area contributed by atoms with Crippen molar-refractivity contribution in [1.82, 2.24) is 10.2 Å². The second-order valence-electron chi connectivity index (χ2n) is 7.09. The highest BCUT2D eigenvalue weighted by molar-refractivity contribution is 5.68.